The summed E-state index contributed by atoms with van der Waals surface area (Å²) in [5.74, 6) is 0. The molecule has 14 aromatic rings. The van der Waals surface area contributed by atoms with Crippen molar-refractivity contribution in [1.29, 1.82) is 5.26 Å². The van der Waals surface area contributed by atoms with Crippen LogP contribution in [0.2, 0.25) is 0 Å². The van der Waals surface area contributed by atoms with Gasteiger partial charge in [0.25, 0.3) is 0 Å². The molecule has 0 atom stereocenters. The Balaban J connectivity index is 1.27. The summed E-state index contributed by atoms with van der Waals surface area (Å²) < 4.78 is 9.78. The number of thiophene rings is 2. The van der Waals surface area contributed by atoms with Gasteiger partial charge in [-0.25, -0.2) is 0 Å². The van der Waals surface area contributed by atoms with Crippen LogP contribution in [0.4, 0.5) is 0 Å². The molecule has 0 amide bonds. The van der Waals surface area contributed by atoms with Gasteiger partial charge in [-0.15, -0.1) is 22.7 Å². The summed E-state index contributed by atoms with van der Waals surface area (Å²) in [6, 6.07) is 72.6. The zero-order chi connectivity index (χ0) is 46.9. The van der Waals surface area contributed by atoms with E-state index >= 15 is 0 Å². The summed E-state index contributed by atoms with van der Waals surface area (Å²) in [6.07, 6.45) is 0. The first kappa shape index (κ1) is 40.8. The highest BCUT2D eigenvalue weighted by molar-refractivity contribution is 7.26. The Labute approximate surface area is 413 Å². The van der Waals surface area contributed by atoms with E-state index in [0.29, 0.717) is 5.56 Å². The molecule has 330 valence electrons. The molecule has 3 nitrogen and oxygen atoms in total. The van der Waals surface area contributed by atoms with Gasteiger partial charge in [0.2, 0.25) is 0 Å². The molecule has 4 aromatic heterocycles. The van der Waals surface area contributed by atoms with E-state index in [-0.39, 0.29) is 0 Å². The fourth-order valence-electron chi connectivity index (χ4n) is 11.5. The maximum atomic E-state index is 12.5. The minimum absolute atomic E-state index is 0.609. The first-order valence-electron chi connectivity index (χ1n) is 23.9. The Morgan fingerprint density at radius 2 is 0.700 bits per heavy atom. The second kappa shape index (κ2) is 15.4. The average molecular weight is 930 g/mol. The molecule has 0 unspecified atom stereocenters. The van der Waals surface area contributed by atoms with Crippen LogP contribution in [0.3, 0.4) is 0 Å². The number of rotatable bonds is 5. The summed E-state index contributed by atoms with van der Waals surface area (Å²) in [4.78, 5) is 0. The number of hydrogen-bond donors (Lipinski definition) is 0. The molecule has 14 rings (SSSR count). The van der Waals surface area contributed by atoms with Crippen molar-refractivity contribution in [3.05, 3.63) is 216 Å². The van der Waals surface area contributed by atoms with E-state index in [0.717, 1.165) is 66.8 Å². The van der Waals surface area contributed by atoms with E-state index in [2.05, 4.69) is 231 Å². The lowest BCUT2D eigenvalue weighted by atomic mass is 9.82. The van der Waals surface area contributed by atoms with E-state index < -0.39 is 0 Å². The number of nitrogens with zero attached hydrogens (tertiary/aromatic N) is 3. The molecule has 0 radical (unpaired) electrons. The van der Waals surface area contributed by atoms with Gasteiger partial charge in [0.15, 0.2) is 0 Å². The summed E-state index contributed by atoms with van der Waals surface area (Å²) in [5.41, 5.74) is 17.7. The number of benzene rings is 10. The first-order chi connectivity index (χ1) is 34.3. The fourth-order valence-corrected chi connectivity index (χ4v) is 13.8. The Bertz CT molecular complexity index is 4200. The van der Waals surface area contributed by atoms with Crippen LogP contribution in [0, 0.1) is 39.0 Å². The topological polar surface area (TPSA) is 33.6 Å². The third-order valence-electron chi connectivity index (χ3n) is 14.6. The quantitative estimate of drug-likeness (QED) is 0.169. The molecular formula is C65H43N3S2. The molecule has 0 bridgehead atoms. The van der Waals surface area contributed by atoms with Crippen molar-refractivity contribution in [2.75, 3.05) is 0 Å². The molecule has 0 spiro atoms. The standard InChI is InChI=1S/C65H43N3S2/c1-37-18-26-53-48(30-37)49-31-38(2)19-27-54(49)67(53)64-52(36-66)65(68-55-28-20-39(3)32-50(55)51-33-40(4)21-29-56(51)68)63(43-23-25-47-45-15-9-11-17-58(45)70-60(47)35-43)61(41-12-6-5-7-13-41)62(64)42-22-24-46-44-14-8-10-16-57(44)69-59(46)34-42/h5-35H,1-4H3. The molecule has 0 N–H and O–H groups in total. The lowest BCUT2D eigenvalue weighted by Gasteiger charge is -2.28. The van der Waals surface area contributed by atoms with Gasteiger partial charge < -0.3 is 9.13 Å². The van der Waals surface area contributed by atoms with Gasteiger partial charge in [0.1, 0.15) is 11.6 Å². The van der Waals surface area contributed by atoms with Crippen LogP contribution < -0.4 is 0 Å². The molecule has 4 heterocycles. The van der Waals surface area contributed by atoms with Crippen LogP contribution in [0.5, 0.6) is 0 Å². The normalized spacial score (nSPS) is 12.0. The number of nitriles is 1. The van der Waals surface area contributed by atoms with Crippen molar-refractivity contribution in [2.24, 2.45) is 0 Å². The Kier molecular flexibility index (Phi) is 8.95. The van der Waals surface area contributed by atoms with E-state index in [1.54, 1.807) is 0 Å². The van der Waals surface area contributed by atoms with Crippen molar-refractivity contribution >= 4 is 107 Å². The van der Waals surface area contributed by atoms with Crippen molar-refractivity contribution < 1.29 is 0 Å². The predicted octanol–water partition coefficient (Wildman–Crippen LogP) is 18.7. The Hall–Kier alpha value is -8.27. The van der Waals surface area contributed by atoms with E-state index in [9.17, 15) is 5.26 Å². The van der Waals surface area contributed by atoms with Crippen molar-refractivity contribution in [3.8, 4) is 50.8 Å². The highest BCUT2D eigenvalue weighted by atomic mass is 32.1. The summed E-state index contributed by atoms with van der Waals surface area (Å²) in [5, 5.41) is 22.2. The van der Waals surface area contributed by atoms with Gasteiger partial charge in [-0.3, -0.25) is 0 Å². The summed E-state index contributed by atoms with van der Waals surface area (Å²) >= 11 is 3.66. The van der Waals surface area contributed by atoms with Gasteiger partial charge in [0.05, 0.1) is 33.4 Å². The van der Waals surface area contributed by atoms with E-state index in [1.807, 2.05) is 22.7 Å². The minimum atomic E-state index is 0.609. The van der Waals surface area contributed by atoms with Crippen molar-refractivity contribution in [2.45, 2.75) is 27.7 Å². The number of aromatic nitrogens is 2. The zero-order valence-electron chi connectivity index (χ0n) is 39.1. The molecule has 70 heavy (non-hydrogen) atoms. The lowest BCUT2D eigenvalue weighted by Crippen LogP contribution is -2.11. The number of aryl methyl sites for hydroxylation is 4. The first-order valence-corrected chi connectivity index (χ1v) is 25.5. The number of fused-ring (bicyclic) bond motifs is 12. The van der Waals surface area contributed by atoms with Crippen molar-refractivity contribution in [1.82, 2.24) is 9.13 Å². The fraction of sp³-hybridized carbons (Fsp3) is 0.0615. The summed E-state index contributed by atoms with van der Waals surface area (Å²) in [6.45, 7) is 8.68. The monoisotopic (exact) mass is 929 g/mol. The largest absolute Gasteiger partial charge is 0.307 e. The second-order valence-electron chi connectivity index (χ2n) is 19.0. The molecule has 5 heteroatoms. The molecule has 0 aliphatic heterocycles. The van der Waals surface area contributed by atoms with Crippen LogP contribution in [0.1, 0.15) is 27.8 Å². The Morgan fingerprint density at radius 1 is 0.329 bits per heavy atom. The molecule has 0 fully saturated rings. The van der Waals surface area contributed by atoms with Crippen LogP contribution in [-0.4, -0.2) is 9.13 Å². The van der Waals surface area contributed by atoms with Crippen molar-refractivity contribution in [3.63, 3.8) is 0 Å². The highest BCUT2D eigenvalue weighted by Crippen LogP contribution is 2.54. The molecule has 0 aliphatic rings. The molecule has 0 saturated heterocycles. The molecule has 0 saturated carbocycles. The maximum absolute atomic E-state index is 12.5. The SMILES string of the molecule is Cc1ccc2c(c1)c1cc(C)ccc1n2-c1c(C#N)c(-n2c3ccc(C)cc3c3cc(C)ccc32)c(-c2ccc3c(c2)sc2ccccc23)c(-c2ccccc2)c1-c1ccc2c(c1)sc1ccccc12. The third-order valence-corrected chi connectivity index (χ3v) is 16.8. The van der Waals surface area contributed by atoms with Gasteiger partial charge in [-0.2, -0.15) is 5.26 Å². The zero-order valence-corrected chi connectivity index (χ0v) is 40.7. The number of hydrogen-bond acceptors (Lipinski definition) is 3. The van der Waals surface area contributed by atoms with Crippen LogP contribution in [0.25, 0.3) is 129 Å². The van der Waals surface area contributed by atoms with E-state index in [1.165, 1.54) is 84.1 Å². The minimum Gasteiger partial charge on any atom is -0.307 e. The van der Waals surface area contributed by atoms with Gasteiger partial charge in [-0.1, -0.05) is 138 Å². The molecular weight excluding hydrogens is 887 g/mol. The molecule has 0 aliphatic carbocycles. The lowest BCUT2D eigenvalue weighted by molar-refractivity contribution is 1.12. The van der Waals surface area contributed by atoms with Crippen LogP contribution in [0.15, 0.2) is 188 Å². The third kappa shape index (κ3) is 5.97. The van der Waals surface area contributed by atoms with Crippen LogP contribution >= 0.6 is 22.7 Å². The predicted molar refractivity (Wildman–Crippen MR) is 301 cm³/mol. The average Bonchev–Trinajstić information content (AvgIpc) is 4.12. The van der Waals surface area contributed by atoms with Gasteiger partial charge >= 0.3 is 0 Å². The summed E-state index contributed by atoms with van der Waals surface area (Å²) in [7, 11) is 0. The Morgan fingerprint density at radius 3 is 1.10 bits per heavy atom. The molecule has 10 aromatic carbocycles. The van der Waals surface area contributed by atoms with E-state index in [4.69, 9.17) is 0 Å². The van der Waals surface area contributed by atoms with Gasteiger partial charge in [-0.05, 0) is 117 Å². The second-order valence-corrected chi connectivity index (χ2v) is 21.2. The van der Waals surface area contributed by atoms with Crippen LogP contribution in [-0.2, 0) is 0 Å². The highest BCUT2D eigenvalue weighted by Gasteiger charge is 2.32. The maximum Gasteiger partial charge on any atom is 0.104 e. The van der Waals surface area contributed by atoms with Gasteiger partial charge in [0, 0.05) is 78.6 Å². The smallest absolute Gasteiger partial charge is 0.104 e.